The highest BCUT2D eigenvalue weighted by Crippen LogP contribution is 2.25. The van der Waals surface area contributed by atoms with Gasteiger partial charge in [0, 0.05) is 32.7 Å². The number of nitrogens with zero attached hydrogens (tertiary/aromatic N) is 3. The van der Waals surface area contributed by atoms with Crippen LogP contribution in [-0.4, -0.2) is 50.2 Å². The molecule has 2 saturated heterocycles. The number of carbonyl (C=O) groups excluding carboxylic acids is 1. The molecule has 0 radical (unpaired) electrons. The standard InChI is InChI=1S/C15H19N5O/c1-17-8-11-2-3-14(12(6-11)7-16)19-4-5-20-13(10-19)9-18-15(20)21/h2-3,6,13,17H,4-5,8-10H2,1H3,(H,18,21). The summed E-state index contributed by atoms with van der Waals surface area (Å²) >= 11 is 0. The Hall–Kier alpha value is -2.26. The van der Waals surface area contributed by atoms with Crippen molar-refractivity contribution >= 4 is 11.7 Å². The molecule has 1 atom stereocenters. The molecule has 1 aromatic carbocycles. The van der Waals surface area contributed by atoms with E-state index in [0.29, 0.717) is 18.7 Å². The van der Waals surface area contributed by atoms with Gasteiger partial charge in [0.25, 0.3) is 0 Å². The lowest BCUT2D eigenvalue weighted by Gasteiger charge is -2.38. The highest BCUT2D eigenvalue weighted by atomic mass is 16.2. The fourth-order valence-corrected chi connectivity index (χ4v) is 3.09. The zero-order chi connectivity index (χ0) is 14.8. The second kappa shape index (κ2) is 5.62. The number of piperazine rings is 1. The van der Waals surface area contributed by atoms with Crippen LogP contribution in [0.1, 0.15) is 11.1 Å². The molecule has 2 aliphatic heterocycles. The summed E-state index contributed by atoms with van der Waals surface area (Å²) in [6.45, 7) is 3.70. The van der Waals surface area contributed by atoms with Crippen LogP contribution < -0.4 is 15.5 Å². The lowest BCUT2D eigenvalue weighted by atomic mass is 10.1. The minimum absolute atomic E-state index is 0.0320. The molecular formula is C15H19N5O. The van der Waals surface area contributed by atoms with Crippen LogP contribution in [0.3, 0.4) is 0 Å². The molecule has 110 valence electrons. The van der Waals surface area contributed by atoms with Crippen molar-refractivity contribution in [3.63, 3.8) is 0 Å². The predicted octanol–water partition coefficient (Wildman–Crippen LogP) is 0.491. The third-order valence-corrected chi connectivity index (χ3v) is 4.14. The van der Waals surface area contributed by atoms with Crippen LogP contribution in [-0.2, 0) is 6.54 Å². The summed E-state index contributed by atoms with van der Waals surface area (Å²) in [5.41, 5.74) is 2.78. The van der Waals surface area contributed by atoms with E-state index in [1.165, 1.54) is 0 Å². The van der Waals surface area contributed by atoms with Gasteiger partial charge in [-0.1, -0.05) is 6.07 Å². The van der Waals surface area contributed by atoms with E-state index < -0.39 is 0 Å². The molecule has 0 spiro atoms. The Bertz CT molecular complexity index is 594. The first-order chi connectivity index (χ1) is 10.2. The van der Waals surface area contributed by atoms with E-state index in [2.05, 4.69) is 27.7 Å². The first kappa shape index (κ1) is 13.7. The van der Waals surface area contributed by atoms with Crippen molar-refractivity contribution in [3.8, 4) is 6.07 Å². The van der Waals surface area contributed by atoms with Gasteiger partial charge in [-0.3, -0.25) is 0 Å². The third-order valence-electron chi connectivity index (χ3n) is 4.14. The number of hydrogen-bond donors (Lipinski definition) is 2. The van der Waals surface area contributed by atoms with E-state index in [1.807, 2.05) is 24.1 Å². The fraction of sp³-hybridized carbons (Fsp3) is 0.467. The maximum atomic E-state index is 11.6. The molecular weight excluding hydrogens is 266 g/mol. The molecule has 1 unspecified atom stereocenters. The maximum Gasteiger partial charge on any atom is 0.317 e. The predicted molar refractivity (Wildman–Crippen MR) is 80.0 cm³/mol. The second-order valence-electron chi connectivity index (χ2n) is 5.47. The van der Waals surface area contributed by atoms with Crippen LogP contribution in [0.2, 0.25) is 0 Å². The Morgan fingerprint density at radius 3 is 3.10 bits per heavy atom. The summed E-state index contributed by atoms with van der Waals surface area (Å²) in [5, 5.41) is 15.4. The van der Waals surface area contributed by atoms with Crippen LogP contribution in [0.25, 0.3) is 0 Å². The number of carbonyl (C=O) groups is 1. The van der Waals surface area contributed by atoms with Gasteiger partial charge in [0.2, 0.25) is 0 Å². The Morgan fingerprint density at radius 2 is 2.33 bits per heavy atom. The molecule has 2 aliphatic rings. The minimum Gasteiger partial charge on any atom is -0.367 e. The number of nitrogens with one attached hydrogen (secondary N) is 2. The number of benzene rings is 1. The highest BCUT2D eigenvalue weighted by molar-refractivity contribution is 5.77. The van der Waals surface area contributed by atoms with Crippen molar-refractivity contribution in [2.75, 3.05) is 38.1 Å². The van der Waals surface area contributed by atoms with E-state index >= 15 is 0 Å². The highest BCUT2D eigenvalue weighted by Gasteiger charge is 2.35. The number of amides is 2. The second-order valence-corrected chi connectivity index (χ2v) is 5.47. The van der Waals surface area contributed by atoms with Gasteiger partial charge in [0.05, 0.1) is 17.3 Å². The van der Waals surface area contributed by atoms with Crippen molar-refractivity contribution in [1.29, 1.82) is 5.26 Å². The monoisotopic (exact) mass is 285 g/mol. The molecule has 0 aromatic heterocycles. The van der Waals surface area contributed by atoms with Gasteiger partial charge in [-0.15, -0.1) is 0 Å². The Kier molecular flexibility index (Phi) is 3.67. The maximum absolute atomic E-state index is 11.6. The van der Waals surface area contributed by atoms with Crippen molar-refractivity contribution in [2.45, 2.75) is 12.6 Å². The zero-order valence-electron chi connectivity index (χ0n) is 12.1. The summed E-state index contributed by atoms with van der Waals surface area (Å²) in [6.07, 6.45) is 0. The number of rotatable bonds is 3. The number of anilines is 1. The molecule has 21 heavy (non-hydrogen) atoms. The molecule has 0 bridgehead atoms. The summed E-state index contributed by atoms with van der Waals surface area (Å²) in [6, 6.07) is 8.54. The molecule has 6 nitrogen and oxygen atoms in total. The Balaban J connectivity index is 1.81. The van der Waals surface area contributed by atoms with Gasteiger partial charge in [-0.2, -0.15) is 5.26 Å². The Labute approximate surface area is 124 Å². The van der Waals surface area contributed by atoms with Crippen LogP contribution in [0.15, 0.2) is 18.2 Å². The van der Waals surface area contributed by atoms with Crippen LogP contribution in [0, 0.1) is 11.3 Å². The van der Waals surface area contributed by atoms with Gasteiger partial charge in [0.15, 0.2) is 0 Å². The van der Waals surface area contributed by atoms with Gasteiger partial charge in [-0.25, -0.2) is 4.79 Å². The van der Waals surface area contributed by atoms with Gasteiger partial charge >= 0.3 is 6.03 Å². The average Bonchev–Trinajstić information content (AvgIpc) is 2.88. The van der Waals surface area contributed by atoms with Gasteiger partial charge in [0.1, 0.15) is 6.07 Å². The van der Waals surface area contributed by atoms with Crippen LogP contribution in [0.4, 0.5) is 10.5 Å². The van der Waals surface area contributed by atoms with E-state index in [1.54, 1.807) is 0 Å². The molecule has 6 heteroatoms. The molecule has 2 N–H and O–H groups in total. The lowest BCUT2D eigenvalue weighted by molar-refractivity contribution is 0.197. The summed E-state index contributed by atoms with van der Waals surface area (Å²) < 4.78 is 0. The van der Waals surface area contributed by atoms with Crippen LogP contribution in [0.5, 0.6) is 0 Å². The molecule has 0 aliphatic carbocycles. The SMILES string of the molecule is CNCc1ccc(N2CCN3C(=O)NCC3C2)c(C#N)c1. The van der Waals surface area contributed by atoms with E-state index in [9.17, 15) is 10.1 Å². The Morgan fingerprint density at radius 1 is 1.48 bits per heavy atom. The number of fused-ring (bicyclic) bond motifs is 1. The number of urea groups is 1. The molecule has 2 heterocycles. The smallest absolute Gasteiger partial charge is 0.317 e. The molecule has 1 aromatic rings. The first-order valence-electron chi connectivity index (χ1n) is 7.20. The topological polar surface area (TPSA) is 71.4 Å². The molecule has 3 rings (SSSR count). The normalized spacial score (nSPS) is 21.0. The van der Waals surface area contributed by atoms with Crippen molar-refractivity contribution < 1.29 is 4.79 Å². The summed E-state index contributed by atoms with van der Waals surface area (Å²) in [4.78, 5) is 15.7. The van der Waals surface area contributed by atoms with E-state index in [0.717, 1.165) is 30.9 Å². The van der Waals surface area contributed by atoms with Crippen molar-refractivity contribution in [2.24, 2.45) is 0 Å². The average molecular weight is 285 g/mol. The zero-order valence-corrected chi connectivity index (χ0v) is 12.1. The van der Waals surface area contributed by atoms with Crippen molar-refractivity contribution in [1.82, 2.24) is 15.5 Å². The molecule has 0 saturated carbocycles. The lowest BCUT2D eigenvalue weighted by Crippen LogP contribution is -2.52. The van der Waals surface area contributed by atoms with Crippen LogP contribution >= 0.6 is 0 Å². The molecule has 2 amide bonds. The summed E-state index contributed by atoms with van der Waals surface area (Å²) in [7, 11) is 1.89. The quantitative estimate of drug-likeness (QED) is 0.848. The summed E-state index contributed by atoms with van der Waals surface area (Å²) in [5.74, 6) is 0. The van der Waals surface area contributed by atoms with E-state index in [-0.39, 0.29) is 12.1 Å². The van der Waals surface area contributed by atoms with E-state index in [4.69, 9.17) is 0 Å². The fourth-order valence-electron chi connectivity index (χ4n) is 3.09. The number of hydrogen-bond acceptors (Lipinski definition) is 4. The third kappa shape index (κ3) is 2.52. The van der Waals surface area contributed by atoms with Gasteiger partial charge < -0.3 is 20.4 Å². The minimum atomic E-state index is 0.0320. The first-order valence-corrected chi connectivity index (χ1v) is 7.20. The van der Waals surface area contributed by atoms with Crippen molar-refractivity contribution in [3.05, 3.63) is 29.3 Å². The molecule has 2 fully saturated rings. The number of nitriles is 1. The van der Waals surface area contributed by atoms with Gasteiger partial charge in [-0.05, 0) is 24.7 Å². The largest absolute Gasteiger partial charge is 0.367 e.